The summed E-state index contributed by atoms with van der Waals surface area (Å²) >= 11 is 0. The van der Waals surface area contributed by atoms with Crippen molar-refractivity contribution in [2.24, 2.45) is 5.92 Å². The first-order valence-corrected chi connectivity index (χ1v) is 9.68. The van der Waals surface area contributed by atoms with Crippen LogP contribution < -0.4 is 0 Å². The molecule has 0 aliphatic carbocycles. The Bertz CT molecular complexity index is 842. The van der Waals surface area contributed by atoms with E-state index in [1.54, 1.807) is 36.1 Å². The van der Waals surface area contributed by atoms with E-state index in [4.69, 9.17) is 9.26 Å². The summed E-state index contributed by atoms with van der Waals surface area (Å²) in [4.78, 5) is 33.5. The molecule has 0 N–H and O–H groups in total. The van der Waals surface area contributed by atoms with Gasteiger partial charge in [-0.1, -0.05) is 5.16 Å². The van der Waals surface area contributed by atoms with E-state index < -0.39 is 0 Å². The Morgan fingerprint density at radius 1 is 1.07 bits per heavy atom. The number of hydrogen-bond donors (Lipinski definition) is 0. The van der Waals surface area contributed by atoms with Crippen LogP contribution in [0.4, 0.5) is 0 Å². The number of rotatable bonds is 3. The van der Waals surface area contributed by atoms with Crippen molar-refractivity contribution in [1.29, 1.82) is 0 Å². The lowest BCUT2D eigenvalue weighted by atomic mass is 9.95. The van der Waals surface area contributed by atoms with Crippen LogP contribution in [0.5, 0.6) is 0 Å². The third kappa shape index (κ3) is 3.91. The smallest absolute Gasteiger partial charge is 0.257 e. The number of amides is 2. The fourth-order valence-corrected chi connectivity index (χ4v) is 3.76. The SMILES string of the molecule is Cc1noc(-c2ccc(C(=O)N3CCCC(C(=O)N4CCOCC4)C3)cc2)n1. The quantitative estimate of drug-likeness (QED) is 0.801. The minimum atomic E-state index is -0.128. The van der Waals surface area contributed by atoms with E-state index in [1.807, 2.05) is 4.90 Å². The third-order valence-corrected chi connectivity index (χ3v) is 5.29. The maximum atomic E-state index is 12.9. The van der Waals surface area contributed by atoms with Crippen LogP contribution in [0.1, 0.15) is 29.0 Å². The summed E-state index contributed by atoms with van der Waals surface area (Å²) in [6.07, 6.45) is 1.67. The molecule has 1 aromatic carbocycles. The number of piperidine rings is 1. The van der Waals surface area contributed by atoms with Gasteiger partial charge in [0.2, 0.25) is 5.91 Å². The van der Waals surface area contributed by atoms with Crippen LogP contribution in [0.3, 0.4) is 0 Å². The van der Waals surface area contributed by atoms with E-state index in [2.05, 4.69) is 10.1 Å². The van der Waals surface area contributed by atoms with Gasteiger partial charge in [-0.15, -0.1) is 0 Å². The number of carbonyl (C=O) groups is 2. The lowest BCUT2D eigenvalue weighted by Gasteiger charge is -2.36. The Morgan fingerprint density at radius 3 is 2.50 bits per heavy atom. The third-order valence-electron chi connectivity index (χ3n) is 5.29. The summed E-state index contributed by atoms with van der Waals surface area (Å²) in [5, 5.41) is 3.78. The largest absolute Gasteiger partial charge is 0.378 e. The van der Waals surface area contributed by atoms with Crippen LogP contribution in [0.15, 0.2) is 28.8 Å². The van der Waals surface area contributed by atoms with Crippen LogP contribution in [0, 0.1) is 12.8 Å². The fraction of sp³-hybridized carbons (Fsp3) is 0.500. The number of aromatic nitrogens is 2. The highest BCUT2D eigenvalue weighted by Gasteiger charge is 2.32. The number of ether oxygens (including phenoxy) is 1. The fourth-order valence-electron chi connectivity index (χ4n) is 3.76. The molecule has 1 unspecified atom stereocenters. The number of aryl methyl sites for hydroxylation is 1. The molecule has 2 amide bonds. The van der Waals surface area contributed by atoms with E-state index in [0.29, 0.717) is 56.7 Å². The first-order chi connectivity index (χ1) is 13.6. The van der Waals surface area contributed by atoms with Gasteiger partial charge in [-0.3, -0.25) is 9.59 Å². The van der Waals surface area contributed by atoms with Gasteiger partial charge in [-0.2, -0.15) is 4.98 Å². The molecular weight excluding hydrogens is 360 g/mol. The average Bonchev–Trinajstić information content (AvgIpc) is 3.20. The maximum absolute atomic E-state index is 12.9. The highest BCUT2D eigenvalue weighted by atomic mass is 16.5. The highest BCUT2D eigenvalue weighted by Crippen LogP contribution is 2.23. The molecule has 2 saturated heterocycles. The molecule has 1 aromatic heterocycles. The van der Waals surface area contributed by atoms with Crippen molar-refractivity contribution in [3.8, 4) is 11.5 Å². The molecule has 2 aromatic rings. The minimum Gasteiger partial charge on any atom is -0.378 e. The molecule has 1 atom stereocenters. The van der Waals surface area contributed by atoms with Gasteiger partial charge in [0.25, 0.3) is 11.8 Å². The van der Waals surface area contributed by atoms with Gasteiger partial charge in [0.05, 0.1) is 19.1 Å². The number of carbonyl (C=O) groups excluding carboxylic acids is 2. The predicted octanol–water partition coefficient (Wildman–Crippen LogP) is 1.76. The zero-order valence-corrected chi connectivity index (χ0v) is 16.0. The van der Waals surface area contributed by atoms with Crippen molar-refractivity contribution in [3.63, 3.8) is 0 Å². The van der Waals surface area contributed by atoms with Gasteiger partial charge in [0.15, 0.2) is 5.82 Å². The van der Waals surface area contributed by atoms with E-state index in [1.165, 1.54) is 0 Å². The van der Waals surface area contributed by atoms with E-state index in [0.717, 1.165) is 18.4 Å². The van der Waals surface area contributed by atoms with Crippen LogP contribution >= 0.6 is 0 Å². The lowest BCUT2D eigenvalue weighted by molar-refractivity contribution is -0.141. The molecular formula is C20H24N4O4. The van der Waals surface area contributed by atoms with Gasteiger partial charge in [-0.05, 0) is 44.0 Å². The molecule has 8 heteroatoms. The van der Waals surface area contributed by atoms with Gasteiger partial charge < -0.3 is 19.1 Å². The molecule has 3 heterocycles. The summed E-state index contributed by atoms with van der Waals surface area (Å²) < 4.78 is 10.5. The Balaban J connectivity index is 1.41. The summed E-state index contributed by atoms with van der Waals surface area (Å²) in [7, 11) is 0. The summed E-state index contributed by atoms with van der Waals surface area (Å²) in [6, 6.07) is 7.15. The maximum Gasteiger partial charge on any atom is 0.257 e. The summed E-state index contributed by atoms with van der Waals surface area (Å²) in [5.74, 6) is 0.970. The standard InChI is InChI=1S/C20H24N4O4/c1-14-21-18(28-22-14)15-4-6-16(7-5-15)19(25)24-8-2-3-17(13-24)20(26)23-9-11-27-12-10-23/h4-7,17H,2-3,8-13H2,1H3. The molecule has 2 fully saturated rings. The van der Waals surface area contributed by atoms with Crippen LogP contribution in [0.25, 0.3) is 11.5 Å². The Kier molecular flexibility index (Phi) is 5.38. The molecule has 28 heavy (non-hydrogen) atoms. The van der Waals surface area contributed by atoms with Crippen LogP contribution in [-0.4, -0.2) is 71.1 Å². The molecule has 2 aliphatic heterocycles. The normalized spacial score (nSPS) is 20.2. The van der Waals surface area contributed by atoms with Crippen molar-refractivity contribution in [3.05, 3.63) is 35.7 Å². The van der Waals surface area contributed by atoms with Crippen molar-refractivity contribution < 1.29 is 18.8 Å². The second kappa shape index (κ2) is 8.10. The molecule has 8 nitrogen and oxygen atoms in total. The summed E-state index contributed by atoms with van der Waals surface area (Å²) in [5.41, 5.74) is 1.37. The lowest BCUT2D eigenvalue weighted by Crippen LogP contribution is -2.49. The molecule has 148 valence electrons. The van der Waals surface area contributed by atoms with E-state index in [-0.39, 0.29) is 17.7 Å². The van der Waals surface area contributed by atoms with Crippen molar-refractivity contribution >= 4 is 11.8 Å². The number of hydrogen-bond acceptors (Lipinski definition) is 6. The highest BCUT2D eigenvalue weighted by molar-refractivity contribution is 5.95. The number of likely N-dealkylation sites (tertiary alicyclic amines) is 1. The van der Waals surface area contributed by atoms with E-state index >= 15 is 0 Å². The van der Waals surface area contributed by atoms with Crippen LogP contribution in [0.2, 0.25) is 0 Å². The van der Waals surface area contributed by atoms with Crippen molar-refractivity contribution in [1.82, 2.24) is 19.9 Å². The molecule has 0 spiro atoms. The molecule has 4 rings (SSSR count). The van der Waals surface area contributed by atoms with Gasteiger partial charge in [-0.25, -0.2) is 0 Å². The van der Waals surface area contributed by atoms with Crippen molar-refractivity contribution in [2.75, 3.05) is 39.4 Å². The Morgan fingerprint density at radius 2 is 1.82 bits per heavy atom. The zero-order valence-electron chi connectivity index (χ0n) is 16.0. The number of nitrogens with zero attached hydrogens (tertiary/aromatic N) is 4. The van der Waals surface area contributed by atoms with Gasteiger partial charge in [0.1, 0.15) is 0 Å². The Labute approximate surface area is 163 Å². The van der Waals surface area contributed by atoms with Crippen molar-refractivity contribution in [2.45, 2.75) is 19.8 Å². The average molecular weight is 384 g/mol. The molecule has 2 aliphatic rings. The predicted molar refractivity (Wildman–Crippen MR) is 100 cm³/mol. The summed E-state index contributed by atoms with van der Waals surface area (Å²) in [6.45, 7) is 5.37. The second-order valence-electron chi connectivity index (χ2n) is 7.25. The molecule has 0 bridgehead atoms. The number of benzene rings is 1. The second-order valence-corrected chi connectivity index (χ2v) is 7.25. The monoisotopic (exact) mass is 384 g/mol. The van der Waals surface area contributed by atoms with Crippen LogP contribution in [-0.2, 0) is 9.53 Å². The number of morpholine rings is 1. The van der Waals surface area contributed by atoms with Gasteiger partial charge in [0, 0.05) is 37.3 Å². The molecule has 0 saturated carbocycles. The zero-order chi connectivity index (χ0) is 19.5. The topological polar surface area (TPSA) is 88.8 Å². The Hall–Kier alpha value is -2.74. The minimum absolute atomic E-state index is 0.0484. The first-order valence-electron chi connectivity index (χ1n) is 9.68. The van der Waals surface area contributed by atoms with Gasteiger partial charge >= 0.3 is 0 Å². The first kappa shape index (κ1) is 18.6. The molecule has 0 radical (unpaired) electrons. The van der Waals surface area contributed by atoms with E-state index in [9.17, 15) is 9.59 Å².